The molecule has 0 saturated heterocycles. The van der Waals surface area contributed by atoms with Gasteiger partial charge in [-0.25, -0.2) is 4.98 Å². The van der Waals surface area contributed by atoms with Crippen molar-refractivity contribution in [3.8, 4) is 0 Å². The van der Waals surface area contributed by atoms with Gasteiger partial charge < -0.3 is 4.90 Å². The Bertz CT molecular complexity index is 803. The molecule has 0 unspecified atom stereocenters. The molecule has 0 fully saturated rings. The number of halogens is 1. The van der Waals surface area contributed by atoms with E-state index in [1.165, 1.54) is 11.3 Å². The summed E-state index contributed by atoms with van der Waals surface area (Å²) in [7, 11) is 0. The number of thiazole rings is 1. The fourth-order valence-corrected chi connectivity index (χ4v) is 3.95. The largest absolute Gasteiger partial charge is 0.337 e. The normalized spacial score (nSPS) is 13.7. The lowest BCUT2D eigenvalue weighted by atomic mass is 10.1. The molecule has 0 saturated carbocycles. The number of carbonyl (C=O) groups excluding carboxylic acids is 2. The molecule has 1 N–H and O–H groups in total. The number of hydrogen-bond donors (Lipinski definition) is 1. The number of benzene rings is 1. The van der Waals surface area contributed by atoms with Gasteiger partial charge >= 0.3 is 0 Å². The highest BCUT2D eigenvalue weighted by Crippen LogP contribution is 2.29. The van der Waals surface area contributed by atoms with Crippen LogP contribution in [0.3, 0.4) is 0 Å². The molecule has 25 heavy (non-hydrogen) atoms. The third-order valence-corrected chi connectivity index (χ3v) is 5.21. The first-order valence-corrected chi connectivity index (χ1v) is 9.45. The maximum absolute atomic E-state index is 12.3. The van der Waals surface area contributed by atoms with E-state index in [2.05, 4.69) is 10.3 Å². The average molecular weight is 378 g/mol. The number of nitrogens with zero attached hydrogens (tertiary/aromatic N) is 2. The Morgan fingerprint density at radius 3 is 2.92 bits per heavy atom. The molecule has 1 aromatic heterocycles. The zero-order valence-electron chi connectivity index (χ0n) is 14.2. The number of fused-ring (bicyclic) bond motifs is 1. The Balaban J connectivity index is 1.68. The Hall–Kier alpha value is -1.92. The molecule has 1 aromatic carbocycles. The van der Waals surface area contributed by atoms with Crippen LogP contribution < -0.4 is 5.32 Å². The molecule has 0 radical (unpaired) electrons. The van der Waals surface area contributed by atoms with Gasteiger partial charge in [-0.15, -0.1) is 0 Å². The third kappa shape index (κ3) is 4.38. The van der Waals surface area contributed by atoms with Gasteiger partial charge in [-0.3, -0.25) is 14.9 Å². The lowest BCUT2D eigenvalue weighted by molar-refractivity contribution is -0.132. The maximum Gasteiger partial charge on any atom is 0.257 e. The first-order chi connectivity index (χ1) is 11.9. The molecule has 2 aromatic rings. The van der Waals surface area contributed by atoms with E-state index in [9.17, 15) is 9.59 Å². The number of aromatic nitrogens is 1. The number of carbonyl (C=O) groups is 2. The second-order valence-electron chi connectivity index (χ2n) is 6.52. The van der Waals surface area contributed by atoms with Gasteiger partial charge in [0.05, 0.1) is 12.2 Å². The fourth-order valence-electron chi connectivity index (χ4n) is 2.74. The predicted octanol–water partition coefficient (Wildman–Crippen LogP) is 3.98. The molecule has 5 nitrogen and oxygen atoms in total. The van der Waals surface area contributed by atoms with Crippen molar-refractivity contribution >= 4 is 39.9 Å². The minimum Gasteiger partial charge on any atom is -0.337 e. The molecule has 0 aliphatic carbocycles. The van der Waals surface area contributed by atoms with Gasteiger partial charge in [0.2, 0.25) is 5.91 Å². The summed E-state index contributed by atoms with van der Waals surface area (Å²) < 4.78 is 0. The zero-order chi connectivity index (χ0) is 18.0. The first-order valence-electron chi connectivity index (χ1n) is 8.25. The average Bonchev–Trinajstić information content (AvgIpc) is 2.95. The van der Waals surface area contributed by atoms with Crippen LogP contribution in [0.4, 0.5) is 5.13 Å². The van der Waals surface area contributed by atoms with E-state index in [0.717, 1.165) is 17.0 Å². The zero-order valence-corrected chi connectivity index (χ0v) is 15.8. The van der Waals surface area contributed by atoms with Crippen LogP contribution in [0.2, 0.25) is 5.02 Å². The van der Waals surface area contributed by atoms with E-state index in [4.69, 9.17) is 11.6 Å². The highest BCUT2D eigenvalue weighted by molar-refractivity contribution is 7.15. The molecule has 7 heteroatoms. The summed E-state index contributed by atoms with van der Waals surface area (Å²) >= 11 is 7.36. The molecular weight excluding hydrogens is 358 g/mol. The van der Waals surface area contributed by atoms with Crippen LogP contribution in [0, 0.1) is 5.92 Å². The number of nitrogens with one attached hydrogen (secondary N) is 1. The summed E-state index contributed by atoms with van der Waals surface area (Å²) in [5.41, 5.74) is 1.47. The van der Waals surface area contributed by atoms with E-state index in [-0.39, 0.29) is 11.8 Å². The van der Waals surface area contributed by atoms with E-state index >= 15 is 0 Å². The monoisotopic (exact) mass is 377 g/mol. The standard InChI is InChI=1S/C18H20ClN3O2S/c1-11(2)8-16(23)22-7-6-14-15(10-22)25-18(20-14)21-17(24)12-4-3-5-13(19)9-12/h3-5,9,11H,6-8,10H2,1-2H3,(H,20,21,24). The molecule has 1 aliphatic rings. The van der Waals surface area contributed by atoms with Crippen molar-refractivity contribution in [2.75, 3.05) is 11.9 Å². The maximum atomic E-state index is 12.3. The van der Waals surface area contributed by atoms with Gasteiger partial charge in [0, 0.05) is 34.8 Å². The van der Waals surface area contributed by atoms with Crippen LogP contribution in [0.15, 0.2) is 24.3 Å². The second-order valence-corrected chi connectivity index (χ2v) is 8.04. The van der Waals surface area contributed by atoms with Gasteiger partial charge in [0.15, 0.2) is 5.13 Å². The smallest absolute Gasteiger partial charge is 0.257 e. The quantitative estimate of drug-likeness (QED) is 0.876. The summed E-state index contributed by atoms with van der Waals surface area (Å²) in [5, 5.41) is 3.91. The van der Waals surface area contributed by atoms with Crippen LogP contribution in [0.5, 0.6) is 0 Å². The highest BCUT2D eigenvalue weighted by Gasteiger charge is 2.25. The molecule has 2 amide bonds. The molecule has 1 aliphatic heterocycles. The lowest BCUT2D eigenvalue weighted by Gasteiger charge is -2.26. The number of anilines is 1. The Labute approximate surface area is 156 Å². The van der Waals surface area contributed by atoms with E-state index in [1.807, 2.05) is 18.7 Å². The molecule has 2 heterocycles. The molecule has 0 atom stereocenters. The van der Waals surface area contributed by atoms with Gasteiger partial charge in [0.1, 0.15) is 0 Å². The summed E-state index contributed by atoms with van der Waals surface area (Å²) in [6.07, 6.45) is 1.29. The summed E-state index contributed by atoms with van der Waals surface area (Å²) in [6.45, 7) is 5.35. The van der Waals surface area contributed by atoms with Gasteiger partial charge in [0.25, 0.3) is 5.91 Å². The molecule has 3 rings (SSSR count). The number of hydrogen-bond acceptors (Lipinski definition) is 4. The van der Waals surface area contributed by atoms with Crippen molar-refractivity contribution in [1.82, 2.24) is 9.88 Å². The Morgan fingerprint density at radius 1 is 1.40 bits per heavy atom. The first kappa shape index (κ1) is 17.9. The van der Waals surface area contributed by atoms with E-state index in [0.29, 0.717) is 41.1 Å². The van der Waals surface area contributed by atoms with E-state index in [1.54, 1.807) is 24.3 Å². The number of amides is 2. The van der Waals surface area contributed by atoms with Crippen LogP contribution in [-0.4, -0.2) is 28.2 Å². The van der Waals surface area contributed by atoms with Gasteiger partial charge in [-0.05, 0) is 24.1 Å². The van der Waals surface area contributed by atoms with Gasteiger partial charge in [-0.2, -0.15) is 0 Å². The van der Waals surface area contributed by atoms with Crippen molar-refractivity contribution in [3.63, 3.8) is 0 Å². The Morgan fingerprint density at radius 2 is 2.20 bits per heavy atom. The topological polar surface area (TPSA) is 62.3 Å². The SMILES string of the molecule is CC(C)CC(=O)N1CCc2nc(NC(=O)c3cccc(Cl)c3)sc2C1. The molecular formula is C18H20ClN3O2S. The Kier molecular flexibility index (Phi) is 5.39. The lowest BCUT2D eigenvalue weighted by Crippen LogP contribution is -2.36. The molecule has 132 valence electrons. The summed E-state index contributed by atoms with van der Waals surface area (Å²) in [4.78, 5) is 32.0. The van der Waals surface area contributed by atoms with Crippen molar-refractivity contribution < 1.29 is 9.59 Å². The van der Waals surface area contributed by atoms with Crippen molar-refractivity contribution in [3.05, 3.63) is 45.4 Å². The minimum absolute atomic E-state index is 0.179. The molecule has 0 spiro atoms. The third-order valence-electron chi connectivity index (χ3n) is 3.97. The predicted molar refractivity (Wildman–Crippen MR) is 100 cm³/mol. The highest BCUT2D eigenvalue weighted by atomic mass is 35.5. The van der Waals surface area contributed by atoms with Crippen LogP contribution in [0.25, 0.3) is 0 Å². The van der Waals surface area contributed by atoms with Crippen LogP contribution in [0.1, 0.15) is 41.2 Å². The summed E-state index contributed by atoms with van der Waals surface area (Å²) in [5.74, 6) is 0.294. The second kappa shape index (κ2) is 7.54. The number of rotatable bonds is 4. The van der Waals surface area contributed by atoms with Crippen molar-refractivity contribution in [2.24, 2.45) is 5.92 Å². The van der Waals surface area contributed by atoms with Crippen LogP contribution >= 0.6 is 22.9 Å². The molecule has 0 bridgehead atoms. The fraction of sp³-hybridized carbons (Fsp3) is 0.389. The van der Waals surface area contributed by atoms with Crippen LogP contribution in [-0.2, 0) is 17.8 Å². The van der Waals surface area contributed by atoms with Gasteiger partial charge in [-0.1, -0.05) is 42.9 Å². The summed E-state index contributed by atoms with van der Waals surface area (Å²) in [6, 6.07) is 6.79. The van der Waals surface area contributed by atoms with Crippen molar-refractivity contribution in [1.29, 1.82) is 0 Å². The minimum atomic E-state index is -0.235. The van der Waals surface area contributed by atoms with E-state index < -0.39 is 0 Å². The van der Waals surface area contributed by atoms with Crippen molar-refractivity contribution in [2.45, 2.75) is 33.2 Å².